The van der Waals surface area contributed by atoms with Crippen LogP contribution in [0.4, 0.5) is 5.95 Å². The molecule has 6 rings (SSSR count). The number of aromatic nitrogens is 5. The third kappa shape index (κ3) is 3.14. The highest BCUT2D eigenvalue weighted by molar-refractivity contribution is 6.01. The number of hydrogen-bond donors (Lipinski definition) is 3. The quantitative estimate of drug-likeness (QED) is 0.425. The molecule has 3 N–H and O–H groups in total. The molecule has 2 aliphatic rings. The molecule has 1 amide bonds. The number of amides is 1. The summed E-state index contributed by atoms with van der Waals surface area (Å²) in [5, 5.41) is 6.96. The Morgan fingerprint density at radius 2 is 2.03 bits per heavy atom. The van der Waals surface area contributed by atoms with Crippen molar-refractivity contribution in [1.29, 1.82) is 0 Å². The highest BCUT2D eigenvalue weighted by atomic mass is 16.2. The molecule has 0 unspecified atom stereocenters. The molecule has 2 atom stereocenters. The van der Waals surface area contributed by atoms with Crippen molar-refractivity contribution in [1.82, 2.24) is 29.4 Å². The van der Waals surface area contributed by atoms with E-state index in [9.17, 15) is 9.59 Å². The fraction of sp³-hybridized carbons (Fsp3) is 0.360. The van der Waals surface area contributed by atoms with Gasteiger partial charge >= 0.3 is 0 Å². The van der Waals surface area contributed by atoms with Crippen LogP contribution in [0.2, 0.25) is 0 Å². The highest BCUT2D eigenvalue weighted by Gasteiger charge is 2.39. The lowest BCUT2D eigenvalue weighted by Crippen LogP contribution is -2.31. The molecule has 0 spiro atoms. The molecule has 0 saturated heterocycles. The zero-order chi connectivity index (χ0) is 23.8. The van der Waals surface area contributed by atoms with Crippen LogP contribution in [-0.2, 0) is 7.05 Å². The van der Waals surface area contributed by atoms with Gasteiger partial charge in [-0.15, -0.1) is 0 Å². The number of fused-ring (bicyclic) bond motifs is 2. The number of imidazole rings is 1. The summed E-state index contributed by atoms with van der Waals surface area (Å²) in [6, 6.07) is 7.09. The highest BCUT2D eigenvalue weighted by Crippen LogP contribution is 2.39. The monoisotopic (exact) mass is 457 g/mol. The van der Waals surface area contributed by atoms with Gasteiger partial charge in [0.15, 0.2) is 0 Å². The first-order chi connectivity index (χ1) is 16.2. The Labute approximate surface area is 196 Å². The van der Waals surface area contributed by atoms with Gasteiger partial charge in [-0.05, 0) is 45.7 Å². The first kappa shape index (κ1) is 20.7. The number of carbonyl (C=O) groups is 1. The number of carbonyl (C=O) groups excluding carboxylic acids is 1. The topological polar surface area (TPSA) is 110 Å². The third-order valence-electron chi connectivity index (χ3n) is 7.05. The Kier molecular flexibility index (Phi) is 4.30. The number of aryl methyl sites for hydroxylation is 1. The molecule has 4 aromatic rings. The van der Waals surface area contributed by atoms with E-state index in [-0.39, 0.29) is 29.1 Å². The number of nitrogens with zero attached hydrogens (tertiary/aromatic N) is 4. The van der Waals surface area contributed by atoms with Gasteiger partial charge in [0.25, 0.3) is 11.5 Å². The fourth-order valence-corrected chi connectivity index (χ4v) is 4.74. The predicted octanol–water partition coefficient (Wildman–Crippen LogP) is 3.50. The summed E-state index contributed by atoms with van der Waals surface area (Å²) in [4.78, 5) is 39.0. The SMILES string of the molecule is C[C@H](c1cn(C)cn1)n1c(NC2(C)CC2)nc2c(-c3cc4c([nH]3)[C@@H](C)NC4=O)cccc2c1=O. The lowest BCUT2D eigenvalue weighted by molar-refractivity contribution is 0.0958. The number of para-hydroxylation sites is 1. The summed E-state index contributed by atoms with van der Waals surface area (Å²) in [6.07, 6.45) is 5.71. The zero-order valence-electron chi connectivity index (χ0n) is 19.6. The molecule has 9 heteroatoms. The maximum Gasteiger partial charge on any atom is 0.263 e. The van der Waals surface area contributed by atoms with Crippen LogP contribution in [0.25, 0.3) is 22.2 Å². The Hall–Kier alpha value is -3.88. The van der Waals surface area contributed by atoms with Crippen LogP contribution >= 0.6 is 0 Å². The van der Waals surface area contributed by atoms with Crippen molar-refractivity contribution in [2.45, 2.75) is 51.2 Å². The maximum atomic E-state index is 13.9. The van der Waals surface area contributed by atoms with E-state index in [0.717, 1.165) is 35.5 Å². The molecular weight excluding hydrogens is 430 g/mol. The van der Waals surface area contributed by atoms with Gasteiger partial charge in [0.2, 0.25) is 5.95 Å². The summed E-state index contributed by atoms with van der Waals surface area (Å²) < 4.78 is 3.59. The van der Waals surface area contributed by atoms with E-state index in [0.29, 0.717) is 22.4 Å². The first-order valence-corrected chi connectivity index (χ1v) is 11.6. The van der Waals surface area contributed by atoms with Crippen molar-refractivity contribution in [2.75, 3.05) is 5.32 Å². The molecule has 34 heavy (non-hydrogen) atoms. The van der Waals surface area contributed by atoms with Crippen LogP contribution < -0.4 is 16.2 Å². The van der Waals surface area contributed by atoms with E-state index >= 15 is 0 Å². The number of anilines is 1. The zero-order valence-corrected chi connectivity index (χ0v) is 19.6. The van der Waals surface area contributed by atoms with Crippen LogP contribution in [0, 0.1) is 0 Å². The second-order valence-electron chi connectivity index (χ2n) is 9.84. The summed E-state index contributed by atoms with van der Waals surface area (Å²) in [5.74, 6) is 0.446. The number of rotatable bonds is 5. The smallest absolute Gasteiger partial charge is 0.263 e. The van der Waals surface area contributed by atoms with Crippen LogP contribution in [0.3, 0.4) is 0 Å². The summed E-state index contributed by atoms with van der Waals surface area (Å²) in [6.45, 7) is 6.05. The second kappa shape index (κ2) is 7.06. The third-order valence-corrected chi connectivity index (χ3v) is 7.05. The minimum Gasteiger partial charge on any atom is -0.356 e. The molecule has 3 aromatic heterocycles. The molecule has 1 fully saturated rings. The molecule has 1 aliphatic carbocycles. The summed E-state index contributed by atoms with van der Waals surface area (Å²) >= 11 is 0. The second-order valence-corrected chi connectivity index (χ2v) is 9.84. The average Bonchev–Trinajstić information content (AvgIpc) is 3.14. The fourth-order valence-electron chi connectivity index (χ4n) is 4.74. The molecular formula is C25H27N7O2. The number of benzene rings is 1. The molecule has 9 nitrogen and oxygen atoms in total. The molecule has 1 aliphatic heterocycles. The molecule has 1 saturated carbocycles. The summed E-state index contributed by atoms with van der Waals surface area (Å²) in [5.41, 5.74) is 4.28. The minimum atomic E-state index is -0.294. The standard InChI is InChI=1S/C25H27N7O2/c1-13-20-17(22(33)27-13)10-18(28-20)15-6-5-7-16-21(15)29-24(30-25(3)8-9-25)32(23(16)34)14(2)19-11-31(4)12-26-19/h5-7,10-14,28H,8-9H2,1-4H3,(H,27,33)(H,29,30)/t13-,14-/m1/s1. The van der Waals surface area contributed by atoms with Gasteiger partial charge in [-0.2, -0.15) is 0 Å². The van der Waals surface area contributed by atoms with Crippen LogP contribution in [0.1, 0.15) is 67.4 Å². The number of H-pyrrole nitrogens is 1. The number of aromatic amines is 1. The van der Waals surface area contributed by atoms with Gasteiger partial charge in [0.05, 0.1) is 46.3 Å². The van der Waals surface area contributed by atoms with Gasteiger partial charge in [-0.25, -0.2) is 9.97 Å². The Morgan fingerprint density at radius 1 is 1.24 bits per heavy atom. The van der Waals surface area contributed by atoms with E-state index in [4.69, 9.17) is 4.98 Å². The minimum absolute atomic E-state index is 0.0746. The van der Waals surface area contributed by atoms with E-state index in [1.165, 1.54) is 0 Å². The largest absolute Gasteiger partial charge is 0.356 e. The van der Waals surface area contributed by atoms with Crippen molar-refractivity contribution in [3.8, 4) is 11.3 Å². The lowest BCUT2D eigenvalue weighted by atomic mass is 10.1. The lowest BCUT2D eigenvalue weighted by Gasteiger charge is -2.22. The first-order valence-electron chi connectivity index (χ1n) is 11.6. The van der Waals surface area contributed by atoms with Gasteiger partial charge in [0.1, 0.15) is 0 Å². The summed E-state index contributed by atoms with van der Waals surface area (Å²) in [7, 11) is 1.91. The van der Waals surface area contributed by atoms with Gasteiger partial charge < -0.3 is 20.2 Å². The van der Waals surface area contributed by atoms with Crippen LogP contribution in [-0.4, -0.2) is 35.5 Å². The van der Waals surface area contributed by atoms with E-state index in [1.54, 1.807) is 10.9 Å². The van der Waals surface area contributed by atoms with Crippen molar-refractivity contribution in [3.05, 3.63) is 64.1 Å². The van der Waals surface area contributed by atoms with Crippen molar-refractivity contribution >= 4 is 22.8 Å². The molecule has 174 valence electrons. The van der Waals surface area contributed by atoms with Gasteiger partial charge in [0, 0.05) is 30.0 Å². The van der Waals surface area contributed by atoms with E-state index in [1.807, 2.05) is 55.9 Å². The molecule has 1 aromatic carbocycles. The Morgan fingerprint density at radius 3 is 2.71 bits per heavy atom. The predicted molar refractivity (Wildman–Crippen MR) is 130 cm³/mol. The molecule has 0 bridgehead atoms. The molecule has 4 heterocycles. The van der Waals surface area contributed by atoms with Crippen LogP contribution in [0.15, 0.2) is 41.6 Å². The molecule has 0 radical (unpaired) electrons. The number of hydrogen-bond acceptors (Lipinski definition) is 5. The Bertz CT molecular complexity index is 1520. The van der Waals surface area contributed by atoms with Crippen molar-refractivity contribution in [3.63, 3.8) is 0 Å². The average molecular weight is 458 g/mol. The van der Waals surface area contributed by atoms with E-state index < -0.39 is 0 Å². The van der Waals surface area contributed by atoms with Crippen molar-refractivity contribution in [2.24, 2.45) is 7.05 Å². The maximum absolute atomic E-state index is 13.9. The number of nitrogens with one attached hydrogen (secondary N) is 3. The van der Waals surface area contributed by atoms with E-state index in [2.05, 4.69) is 27.5 Å². The van der Waals surface area contributed by atoms with Crippen LogP contribution in [0.5, 0.6) is 0 Å². The van der Waals surface area contributed by atoms with Crippen molar-refractivity contribution < 1.29 is 4.79 Å². The van der Waals surface area contributed by atoms with Gasteiger partial charge in [-0.3, -0.25) is 14.2 Å². The van der Waals surface area contributed by atoms with Gasteiger partial charge in [-0.1, -0.05) is 12.1 Å². The Balaban J connectivity index is 1.56. The normalized spacial score (nSPS) is 19.2.